The first kappa shape index (κ1) is 17.0. The number of ketones is 1. The Labute approximate surface area is 147 Å². The number of amides is 1. The van der Waals surface area contributed by atoms with Crippen molar-refractivity contribution in [2.75, 3.05) is 4.90 Å². The minimum absolute atomic E-state index is 0.184. The fraction of sp³-hybridized carbons (Fsp3) is 0.238. The second kappa shape index (κ2) is 6.55. The first-order valence-electron chi connectivity index (χ1n) is 8.37. The van der Waals surface area contributed by atoms with E-state index in [1.165, 1.54) is 4.90 Å². The predicted octanol–water partition coefficient (Wildman–Crippen LogP) is 4.18. The Balaban J connectivity index is 2.23. The van der Waals surface area contributed by atoms with Crippen LogP contribution in [0, 0.1) is 13.8 Å². The summed E-state index contributed by atoms with van der Waals surface area (Å²) in [6, 6.07) is 14.5. The fourth-order valence-electron chi connectivity index (χ4n) is 3.31. The maximum Gasteiger partial charge on any atom is 0.294 e. The summed E-state index contributed by atoms with van der Waals surface area (Å²) in [5.74, 6) is -1.19. The molecule has 2 aromatic carbocycles. The van der Waals surface area contributed by atoms with E-state index in [2.05, 4.69) is 0 Å². The monoisotopic (exact) mass is 335 g/mol. The van der Waals surface area contributed by atoms with Gasteiger partial charge in [0.2, 0.25) is 0 Å². The third-order valence-corrected chi connectivity index (χ3v) is 4.59. The molecule has 1 aliphatic rings. The van der Waals surface area contributed by atoms with Crippen LogP contribution in [-0.2, 0) is 9.59 Å². The summed E-state index contributed by atoms with van der Waals surface area (Å²) in [6.07, 6.45) is 0.233. The molecular weight excluding hydrogens is 314 g/mol. The molecule has 4 nitrogen and oxygen atoms in total. The third kappa shape index (κ3) is 2.84. The van der Waals surface area contributed by atoms with Gasteiger partial charge < -0.3 is 5.11 Å². The quantitative estimate of drug-likeness (QED) is 0.912. The van der Waals surface area contributed by atoms with E-state index in [1.807, 2.05) is 62.4 Å². The van der Waals surface area contributed by atoms with Gasteiger partial charge in [0.1, 0.15) is 0 Å². The standard InChI is InChI=1S/C21H21NO3/c1-4-17(23)18-19(16-11-6-5-9-14(16)3)22(21(25)20(18)24)15-10-7-8-13(2)12-15/h5-12,19,24H,4H2,1-3H3. The smallest absolute Gasteiger partial charge is 0.294 e. The Bertz CT molecular complexity index is 882. The molecule has 0 aromatic heterocycles. The van der Waals surface area contributed by atoms with Crippen LogP contribution in [0.25, 0.3) is 0 Å². The number of hydrogen-bond acceptors (Lipinski definition) is 3. The Morgan fingerprint density at radius 1 is 1.12 bits per heavy atom. The van der Waals surface area contributed by atoms with Crippen LogP contribution in [0.2, 0.25) is 0 Å². The van der Waals surface area contributed by atoms with E-state index in [-0.39, 0.29) is 17.8 Å². The molecule has 0 bridgehead atoms. The Hall–Kier alpha value is -2.88. The van der Waals surface area contributed by atoms with E-state index >= 15 is 0 Å². The molecule has 128 valence electrons. The zero-order valence-corrected chi connectivity index (χ0v) is 14.6. The summed E-state index contributed by atoms with van der Waals surface area (Å²) in [6.45, 7) is 5.62. The summed E-state index contributed by atoms with van der Waals surface area (Å²) in [5, 5.41) is 10.5. The zero-order chi connectivity index (χ0) is 18.1. The van der Waals surface area contributed by atoms with Gasteiger partial charge in [-0.05, 0) is 42.7 Å². The largest absolute Gasteiger partial charge is 0.503 e. The summed E-state index contributed by atoms with van der Waals surface area (Å²) >= 11 is 0. The van der Waals surface area contributed by atoms with Crippen molar-refractivity contribution in [3.63, 3.8) is 0 Å². The number of benzene rings is 2. The van der Waals surface area contributed by atoms with E-state index in [4.69, 9.17) is 0 Å². The molecule has 4 heteroatoms. The van der Waals surface area contributed by atoms with Crippen molar-refractivity contribution in [2.24, 2.45) is 0 Å². The molecule has 3 rings (SSSR count). The molecule has 0 saturated heterocycles. The summed E-state index contributed by atoms with van der Waals surface area (Å²) in [4.78, 5) is 26.8. The fourth-order valence-corrected chi connectivity index (χ4v) is 3.31. The number of hydrogen-bond donors (Lipinski definition) is 1. The lowest BCUT2D eigenvalue weighted by molar-refractivity contribution is -0.118. The molecule has 1 aliphatic heterocycles. The maximum atomic E-state index is 12.8. The molecule has 1 heterocycles. The van der Waals surface area contributed by atoms with Gasteiger partial charge in [-0.25, -0.2) is 0 Å². The van der Waals surface area contributed by atoms with Gasteiger partial charge in [0, 0.05) is 12.1 Å². The molecule has 1 N–H and O–H groups in total. The lowest BCUT2D eigenvalue weighted by atomic mass is 9.92. The van der Waals surface area contributed by atoms with Crippen molar-refractivity contribution < 1.29 is 14.7 Å². The average Bonchev–Trinajstić information content (AvgIpc) is 2.86. The van der Waals surface area contributed by atoms with Gasteiger partial charge in [0.05, 0.1) is 11.6 Å². The number of aryl methyl sites for hydroxylation is 2. The van der Waals surface area contributed by atoms with Crippen LogP contribution < -0.4 is 4.90 Å². The van der Waals surface area contributed by atoms with E-state index < -0.39 is 17.7 Å². The van der Waals surface area contributed by atoms with E-state index in [9.17, 15) is 14.7 Å². The lowest BCUT2D eigenvalue weighted by Crippen LogP contribution is -2.31. The lowest BCUT2D eigenvalue weighted by Gasteiger charge is -2.28. The highest BCUT2D eigenvalue weighted by Crippen LogP contribution is 2.42. The Morgan fingerprint density at radius 2 is 1.84 bits per heavy atom. The summed E-state index contributed by atoms with van der Waals surface area (Å²) in [5.41, 5.74) is 3.67. The average molecular weight is 335 g/mol. The van der Waals surface area contributed by atoms with Gasteiger partial charge in [-0.3, -0.25) is 14.5 Å². The molecule has 0 fully saturated rings. The number of carbonyl (C=O) groups excluding carboxylic acids is 2. The molecule has 0 saturated carbocycles. The van der Waals surface area contributed by atoms with Crippen LogP contribution in [0.1, 0.15) is 36.1 Å². The second-order valence-corrected chi connectivity index (χ2v) is 6.31. The van der Waals surface area contributed by atoms with Crippen LogP contribution in [0.15, 0.2) is 59.9 Å². The number of carbonyl (C=O) groups is 2. The molecular formula is C21H21NO3. The molecule has 2 aromatic rings. The first-order chi connectivity index (χ1) is 12.0. The van der Waals surface area contributed by atoms with Gasteiger partial charge in [-0.1, -0.05) is 43.3 Å². The molecule has 0 spiro atoms. The van der Waals surface area contributed by atoms with E-state index in [0.29, 0.717) is 5.69 Å². The van der Waals surface area contributed by atoms with E-state index in [0.717, 1.165) is 16.7 Å². The Kier molecular flexibility index (Phi) is 4.45. The van der Waals surface area contributed by atoms with E-state index in [1.54, 1.807) is 6.92 Å². The number of aliphatic hydroxyl groups excluding tert-OH is 1. The topological polar surface area (TPSA) is 57.6 Å². The van der Waals surface area contributed by atoms with Crippen molar-refractivity contribution in [3.8, 4) is 0 Å². The third-order valence-electron chi connectivity index (χ3n) is 4.59. The predicted molar refractivity (Wildman–Crippen MR) is 97.5 cm³/mol. The number of aliphatic hydroxyl groups is 1. The van der Waals surface area contributed by atoms with Gasteiger partial charge >= 0.3 is 0 Å². The highest BCUT2D eigenvalue weighted by atomic mass is 16.3. The maximum absolute atomic E-state index is 12.8. The van der Waals surface area contributed by atoms with Crippen LogP contribution in [0.5, 0.6) is 0 Å². The van der Waals surface area contributed by atoms with Gasteiger partial charge in [-0.2, -0.15) is 0 Å². The summed E-state index contributed by atoms with van der Waals surface area (Å²) in [7, 11) is 0. The Morgan fingerprint density at radius 3 is 2.48 bits per heavy atom. The van der Waals surface area contributed by atoms with Crippen molar-refractivity contribution in [1.29, 1.82) is 0 Å². The molecule has 25 heavy (non-hydrogen) atoms. The summed E-state index contributed by atoms with van der Waals surface area (Å²) < 4.78 is 0. The van der Waals surface area contributed by atoms with Gasteiger partial charge in [-0.15, -0.1) is 0 Å². The van der Waals surface area contributed by atoms with Crippen molar-refractivity contribution in [2.45, 2.75) is 33.2 Å². The number of anilines is 1. The van der Waals surface area contributed by atoms with Gasteiger partial charge in [0.15, 0.2) is 11.5 Å². The molecule has 0 radical (unpaired) electrons. The minimum Gasteiger partial charge on any atom is -0.503 e. The highest BCUT2D eigenvalue weighted by molar-refractivity contribution is 6.16. The molecule has 1 unspecified atom stereocenters. The van der Waals surface area contributed by atoms with Crippen molar-refractivity contribution >= 4 is 17.4 Å². The van der Waals surface area contributed by atoms with Crippen molar-refractivity contribution in [1.82, 2.24) is 0 Å². The first-order valence-corrected chi connectivity index (χ1v) is 8.37. The molecule has 1 atom stereocenters. The SMILES string of the molecule is CCC(=O)C1=C(O)C(=O)N(c2cccc(C)c2)C1c1ccccc1C. The second-order valence-electron chi connectivity index (χ2n) is 6.31. The van der Waals surface area contributed by atoms with Crippen LogP contribution >= 0.6 is 0 Å². The van der Waals surface area contributed by atoms with Crippen LogP contribution in [0.4, 0.5) is 5.69 Å². The molecule has 1 amide bonds. The molecule has 0 aliphatic carbocycles. The zero-order valence-electron chi connectivity index (χ0n) is 14.6. The minimum atomic E-state index is -0.608. The van der Waals surface area contributed by atoms with Crippen LogP contribution in [-0.4, -0.2) is 16.8 Å². The highest BCUT2D eigenvalue weighted by Gasteiger charge is 2.44. The van der Waals surface area contributed by atoms with Crippen molar-refractivity contribution in [3.05, 3.63) is 76.6 Å². The van der Waals surface area contributed by atoms with Gasteiger partial charge in [0.25, 0.3) is 5.91 Å². The number of rotatable bonds is 4. The number of nitrogens with zero attached hydrogens (tertiary/aromatic N) is 1. The normalized spacial score (nSPS) is 17.3. The van der Waals surface area contributed by atoms with Crippen LogP contribution in [0.3, 0.4) is 0 Å². The number of Topliss-reactive ketones (excluding diaryl/α,β-unsaturated/α-hetero) is 1.